The predicted molar refractivity (Wildman–Crippen MR) is 92.5 cm³/mol. The van der Waals surface area contributed by atoms with Crippen LogP contribution in [0.4, 0.5) is 0 Å². The number of carbonyl (C=O) groups excluding carboxylic acids is 1. The highest BCUT2D eigenvalue weighted by Crippen LogP contribution is 2.39. The highest BCUT2D eigenvalue weighted by atomic mass is 32.2. The van der Waals surface area contributed by atoms with Crippen LogP contribution in [0.2, 0.25) is 0 Å². The first-order valence-electron chi connectivity index (χ1n) is 7.80. The maximum absolute atomic E-state index is 12.3. The van der Waals surface area contributed by atoms with Crippen molar-refractivity contribution >= 4 is 17.7 Å². The molecular weight excluding hydrogens is 308 g/mol. The zero-order chi connectivity index (χ0) is 16.1. The summed E-state index contributed by atoms with van der Waals surface area (Å²) in [5.41, 5.74) is 2.33. The molecule has 0 radical (unpaired) electrons. The topological polar surface area (TPSA) is 42.4 Å². The second-order valence-corrected chi connectivity index (χ2v) is 6.43. The lowest BCUT2D eigenvalue weighted by atomic mass is 10.1. The van der Waals surface area contributed by atoms with Gasteiger partial charge >= 0.3 is 0 Å². The molecule has 0 aliphatic carbocycles. The van der Waals surface area contributed by atoms with E-state index in [1.54, 1.807) is 24.2 Å². The molecule has 1 fully saturated rings. The first-order valence-corrected chi connectivity index (χ1v) is 8.85. The lowest BCUT2D eigenvalue weighted by Gasteiger charge is -2.24. The third kappa shape index (κ3) is 3.85. The zero-order valence-electron chi connectivity index (χ0n) is 13.1. The molecule has 0 bridgehead atoms. The molecular formula is C18H20N2O2S. The van der Waals surface area contributed by atoms with Crippen LogP contribution in [0.1, 0.15) is 23.4 Å². The Bertz CT molecular complexity index is 663. The van der Waals surface area contributed by atoms with Gasteiger partial charge in [-0.2, -0.15) is 0 Å². The molecule has 0 saturated carbocycles. The molecule has 5 heteroatoms. The van der Waals surface area contributed by atoms with Crippen LogP contribution < -0.4 is 4.74 Å². The van der Waals surface area contributed by atoms with Crippen LogP contribution >= 0.6 is 11.8 Å². The molecule has 1 unspecified atom stereocenters. The molecule has 3 rings (SSSR count). The Labute approximate surface area is 140 Å². The number of hydrogen-bond donors (Lipinski definition) is 0. The van der Waals surface area contributed by atoms with Gasteiger partial charge in [-0.25, -0.2) is 0 Å². The summed E-state index contributed by atoms with van der Waals surface area (Å²) < 4.78 is 5.58. The lowest BCUT2D eigenvalue weighted by molar-refractivity contribution is -0.128. The molecule has 2 heterocycles. The molecule has 1 aromatic heterocycles. The molecule has 1 aliphatic heterocycles. The van der Waals surface area contributed by atoms with Gasteiger partial charge in [-0.3, -0.25) is 9.78 Å². The summed E-state index contributed by atoms with van der Waals surface area (Å²) in [4.78, 5) is 18.3. The number of aromatic nitrogens is 1. The van der Waals surface area contributed by atoms with Crippen LogP contribution in [-0.4, -0.2) is 34.7 Å². The van der Waals surface area contributed by atoms with Crippen molar-refractivity contribution < 1.29 is 9.53 Å². The van der Waals surface area contributed by atoms with Crippen molar-refractivity contribution in [2.75, 3.05) is 18.9 Å². The minimum absolute atomic E-state index is 0.0738. The van der Waals surface area contributed by atoms with Crippen molar-refractivity contribution in [3.63, 3.8) is 0 Å². The summed E-state index contributed by atoms with van der Waals surface area (Å²) in [6.07, 6.45) is 4.42. The van der Waals surface area contributed by atoms with Crippen molar-refractivity contribution in [3.8, 4) is 5.75 Å². The third-order valence-electron chi connectivity index (χ3n) is 3.81. The van der Waals surface area contributed by atoms with Gasteiger partial charge in [-0.15, -0.1) is 11.8 Å². The largest absolute Gasteiger partial charge is 0.494 e. The number of thioether (sulfide) groups is 1. The average Bonchev–Trinajstić information content (AvgIpc) is 2.95. The van der Waals surface area contributed by atoms with E-state index in [1.807, 2.05) is 42.2 Å². The van der Waals surface area contributed by atoms with Crippen molar-refractivity contribution in [2.45, 2.75) is 18.7 Å². The van der Waals surface area contributed by atoms with E-state index in [9.17, 15) is 4.79 Å². The number of nitrogens with zero attached hydrogens (tertiary/aromatic N) is 2. The smallest absolute Gasteiger partial charge is 0.233 e. The number of benzene rings is 1. The SMILES string of the molecule is CCOc1cccc(C2SCC(=O)N2CCc2ccncc2)c1. The summed E-state index contributed by atoms with van der Waals surface area (Å²) in [7, 11) is 0. The molecule has 1 amide bonds. The van der Waals surface area contributed by atoms with Crippen molar-refractivity contribution in [2.24, 2.45) is 0 Å². The summed E-state index contributed by atoms with van der Waals surface area (Å²) in [6, 6.07) is 12.1. The van der Waals surface area contributed by atoms with Crippen molar-refractivity contribution in [3.05, 3.63) is 59.9 Å². The van der Waals surface area contributed by atoms with E-state index >= 15 is 0 Å². The highest BCUT2D eigenvalue weighted by Gasteiger charge is 2.32. The van der Waals surface area contributed by atoms with Crippen molar-refractivity contribution in [1.29, 1.82) is 0 Å². The summed E-state index contributed by atoms with van der Waals surface area (Å²) in [6.45, 7) is 3.34. The fourth-order valence-electron chi connectivity index (χ4n) is 2.70. The summed E-state index contributed by atoms with van der Waals surface area (Å²) >= 11 is 1.68. The van der Waals surface area contributed by atoms with E-state index in [1.165, 1.54) is 5.56 Å². The Balaban J connectivity index is 1.73. The van der Waals surface area contributed by atoms with Crippen LogP contribution in [0.25, 0.3) is 0 Å². The van der Waals surface area contributed by atoms with Gasteiger partial charge in [0.15, 0.2) is 0 Å². The number of amides is 1. The number of rotatable bonds is 6. The lowest BCUT2D eigenvalue weighted by Crippen LogP contribution is -2.30. The van der Waals surface area contributed by atoms with Gasteiger partial charge in [-0.05, 0) is 48.7 Å². The Hall–Kier alpha value is -2.01. The molecule has 1 saturated heterocycles. The maximum Gasteiger partial charge on any atom is 0.233 e. The molecule has 1 aromatic carbocycles. The number of pyridine rings is 1. The summed E-state index contributed by atoms with van der Waals surface area (Å²) in [5.74, 6) is 1.61. The van der Waals surface area contributed by atoms with E-state index in [-0.39, 0.29) is 11.3 Å². The van der Waals surface area contributed by atoms with Crippen LogP contribution in [0.15, 0.2) is 48.8 Å². The van der Waals surface area contributed by atoms with E-state index in [0.717, 1.165) is 24.3 Å². The molecule has 0 N–H and O–H groups in total. The van der Waals surface area contributed by atoms with E-state index in [0.29, 0.717) is 12.4 Å². The van der Waals surface area contributed by atoms with Gasteiger partial charge in [0.2, 0.25) is 5.91 Å². The Morgan fingerprint density at radius 3 is 2.91 bits per heavy atom. The number of ether oxygens (including phenoxy) is 1. The molecule has 1 atom stereocenters. The first kappa shape index (κ1) is 15.9. The van der Waals surface area contributed by atoms with Crippen LogP contribution in [0.5, 0.6) is 5.75 Å². The molecule has 0 spiro atoms. The Morgan fingerprint density at radius 1 is 1.30 bits per heavy atom. The summed E-state index contributed by atoms with van der Waals surface area (Å²) in [5, 5.41) is 0.0738. The second kappa shape index (κ2) is 7.51. The zero-order valence-corrected chi connectivity index (χ0v) is 14.0. The van der Waals surface area contributed by atoms with Crippen LogP contribution in [0, 0.1) is 0 Å². The normalized spacial score (nSPS) is 17.5. The van der Waals surface area contributed by atoms with Gasteiger partial charge in [0.1, 0.15) is 11.1 Å². The quantitative estimate of drug-likeness (QED) is 0.816. The molecule has 4 nitrogen and oxygen atoms in total. The average molecular weight is 328 g/mol. The van der Waals surface area contributed by atoms with Gasteiger partial charge in [0.05, 0.1) is 12.4 Å². The fourth-order valence-corrected chi connectivity index (χ4v) is 3.90. The predicted octanol–water partition coefficient (Wildman–Crippen LogP) is 3.30. The molecule has 1 aliphatic rings. The minimum atomic E-state index is 0.0738. The Kier molecular flexibility index (Phi) is 5.18. The van der Waals surface area contributed by atoms with Gasteiger partial charge < -0.3 is 9.64 Å². The second-order valence-electron chi connectivity index (χ2n) is 5.36. The standard InChI is InChI=1S/C18H20N2O2S/c1-2-22-16-5-3-4-15(12-16)18-20(17(21)13-23-18)11-8-14-6-9-19-10-7-14/h3-7,9-10,12,18H,2,8,11,13H2,1H3. The van der Waals surface area contributed by atoms with Gasteiger partial charge in [0.25, 0.3) is 0 Å². The molecule has 120 valence electrons. The molecule has 2 aromatic rings. The van der Waals surface area contributed by atoms with Crippen molar-refractivity contribution in [1.82, 2.24) is 9.88 Å². The molecule has 23 heavy (non-hydrogen) atoms. The number of hydrogen-bond acceptors (Lipinski definition) is 4. The van der Waals surface area contributed by atoms with Gasteiger partial charge in [-0.1, -0.05) is 12.1 Å². The fraction of sp³-hybridized carbons (Fsp3) is 0.333. The maximum atomic E-state index is 12.3. The van der Waals surface area contributed by atoms with E-state index in [4.69, 9.17) is 4.74 Å². The van der Waals surface area contributed by atoms with E-state index < -0.39 is 0 Å². The monoisotopic (exact) mass is 328 g/mol. The van der Waals surface area contributed by atoms with Crippen LogP contribution in [0.3, 0.4) is 0 Å². The highest BCUT2D eigenvalue weighted by molar-refractivity contribution is 8.00. The Morgan fingerprint density at radius 2 is 2.13 bits per heavy atom. The van der Waals surface area contributed by atoms with Gasteiger partial charge in [0, 0.05) is 18.9 Å². The van der Waals surface area contributed by atoms with Crippen LogP contribution in [-0.2, 0) is 11.2 Å². The minimum Gasteiger partial charge on any atom is -0.494 e. The van der Waals surface area contributed by atoms with E-state index in [2.05, 4.69) is 11.1 Å². The third-order valence-corrected chi connectivity index (χ3v) is 5.07. The first-order chi connectivity index (χ1) is 11.3. The number of carbonyl (C=O) groups is 1.